The molecule has 0 fully saturated rings. The van der Waals surface area contributed by atoms with Crippen molar-refractivity contribution in [1.82, 2.24) is 4.90 Å². The van der Waals surface area contributed by atoms with E-state index in [1.807, 2.05) is 37.4 Å². The minimum atomic E-state index is -0.249. The second-order valence-electron chi connectivity index (χ2n) is 4.82. The summed E-state index contributed by atoms with van der Waals surface area (Å²) in [7, 11) is 1.84. The highest BCUT2D eigenvalue weighted by atomic mass is 32.1. The van der Waals surface area contributed by atoms with Crippen LogP contribution in [0, 0.1) is 5.92 Å². The number of thiol groups is 1. The zero-order valence-corrected chi connectivity index (χ0v) is 11.7. The Labute approximate surface area is 109 Å². The molecule has 1 aromatic rings. The number of rotatable bonds is 5. The third-order valence-electron chi connectivity index (χ3n) is 2.57. The van der Waals surface area contributed by atoms with Gasteiger partial charge in [0.15, 0.2) is 0 Å². The number of hydrogen-bond donors (Lipinski definition) is 1. The first-order chi connectivity index (χ1) is 8.00. The van der Waals surface area contributed by atoms with Crippen LogP contribution in [-0.2, 0) is 11.2 Å². The van der Waals surface area contributed by atoms with Crippen molar-refractivity contribution < 1.29 is 4.79 Å². The summed E-state index contributed by atoms with van der Waals surface area (Å²) in [6, 6.07) is 10.00. The second kappa shape index (κ2) is 6.70. The predicted octanol–water partition coefficient (Wildman–Crippen LogP) is 2.64. The molecular formula is C14H21NOS. The molecule has 2 nitrogen and oxygen atoms in total. The Morgan fingerprint density at radius 3 is 2.41 bits per heavy atom. The molecule has 0 saturated carbocycles. The Balaban J connectivity index is 2.52. The summed E-state index contributed by atoms with van der Waals surface area (Å²) in [6.07, 6.45) is 0.686. The van der Waals surface area contributed by atoms with Crippen LogP contribution in [0.5, 0.6) is 0 Å². The van der Waals surface area contributed by atoms with Crippen LogP contribution in [0.25, 0.3) is 0 Å². The third-order valence-corrected chi connectivity index (χ3v) is 2.98. The fraction of sp³-hybridized carbons (Fsp3) is 0.500. The van der Waals surface area contributed by atoms with Crippen LogP contribution in [0.2, 0.25) is 0 Å². The highest BCUT2D eigenvalue weighted by Gasteiger charge is 2.19. The van der Waals surface area contributed by atoms with Gasteiger partial charge in [-0.25, -0.2) is 0 Å². The van der Waals surface area contributed by atoms with Gasteiger partial charge in [-0.3, -0.25) is 4.79 Å². The molecule has 0 saturated heterocycles. The molecule has 1 unspecified atom stereocenters. The van der Waals surface area contributed by atoms with Gasteiger partial charge >= 0.3 is 0 Å². The van der Waals surface area contributed by atoms with E-state index in [-0.39, 0.29) is 11.2 Å². The number of benzene rings is 1. The summed E-state index contributed by atoms with van der Waals surface area (Å²) >= 11 is 4.41. The monoisotopic (exact) mass is 251 g/mol. The van der Waals surface area contributed by atoms with Gasteiger partial charge in [0.05, 0.1) is 5.25 Å². The fourth-order valence-corrected chi connectivity index (χ4v) is 2.22. The second-order valence-corrected chi connectivity index (χ2v) is 5.44. The summed E-state index contributed by atoms with van der Waals surface area (Å²) in [5.41, 5.74) is 1.15. The lowest BCUT2D eigenvalue weighted by Crippen LogP contribution is -2.37. The first-order valence-corrected chi connectivity index (χ1v) is 6.49. The first kappa shape index (κ1) is 14.1. The van der Waals surface area contributed by atoms with Crippen molar-refractivity contribution in [3.8, 4) is 0 Å². The number of carbonyl (C=O) groups excluding carboxylic acids is 1. The van der Waals surface area contributed by atoms with E-state index in [2.05, 4.69) is 26.5 Å². The smallest absolute Gasteiger partial charge is 0.235 e. The van der Waals surface area contributed by atoms with Crippen LogP contribution in [0.15, 0.2) is 30.3 Å². The number of hydrogen-bond acceptors (Lipinski definition) is 2. The van der Waals surface area contributed by atoms with E-state index in [0.29, 0.717) is 12.3 Å². The van der Waals surface area contributed by atoms with Gasteiger partial charge in [-0.05, 0) is 17.9 Å². The lowest BCUT2D eigenvalue weighted by Gasteiger charge is -2.22. The molecule has 0 aliphatic heterocycles. The maximum atomic E-state index is 12.0. The van der Waals surface area contributed by atoms with Crippen LogP contribution in [0.1, 0.15) is 19.4 Å². The molecule has 94 valence electrons. The van der Waals surface area contributed by atoms with E-state index in [1.54, 1.807) is 4.90 Å². The van der Waals surface area contributed by atoms with Crippen molar-refractivity contribution in [1.29, 1.82) is 0 Å². The van der Waals surface area contributed by atoms with E-state index in [0.717, 1.165) is 12.1 Å². The molecular weight excluding hydrogens is 230 g/mol. The molecule has 0 bridgehead atoms. The Morgan fingerprint density at radius 1 is 1.29 bits per heavy atom. The van der Waals surface area contributed by atoms with Crippen LogP contribution >= 0.6 is 12.6 Å². The normalized spacial score (nSPS) is 12.5. The number of amides is 1. The lowest BCUT2D eigenvalue weighted by molar-refractivity contribution is -0.129. The van der Waals surface area contributed by atoms with Gasteiger partial charge in [0, 0.05) is 13.6 Å². The van der Waals surface area contributed by atoms with Crippen molar-refractivity contribution in [2.24, 2.45) is 5.92 Å². The van der Waals surface area contributed by atoms with Gasteiger partial charge < -0.3 is 4.90 Å². The molecule has 0 radical (unpaired) electrons. The topological polar surface area (TPSA) is 20.3 Å². The standard InChI is InChI=1S/C14H21NOS/c1-11(2)10-15(3)14(16)13(17)9-12-7-5-4-6-8-12/h4-8,11,13,17H,9-10H2,1-3H3. The minimum Gasteiger partial charge on any atom is -0.345 e. The molecule has 0 aliphatic carbocycles. The van der Waals surface area contributed by atoms with Gasteiger partial charge in [0.25, 0.3) is 0 Å². The van der Waals surface area contributed by atoms with Crippen molar-refractivity contribution in [3.05, 3.63) is 35.9 Å². The molecule has 0 heterocycles. The van der Waals surface area contributed by atoms with E-state index in [9.17, 15) is 4.79 Å². The summed E-state index contributed by atoms with van der Waals surface area (Å²) < 4.78 is 0. The average Bonchev–Trinajstić information content (AvgIpc) is 2.28. The van der Waals surface area contributed by atoms with Gasteiger partial charge in [-0.15, -0.1) is 0 Å². The van der Waals surface area contributed by atoms with Crippen molar-refractivity contribution in [3.63, 3.8) is 0 Å². The van der Waals surface area contributed by atoms with Crippen LogP contribution in [0.3, 0.4) is 0 Å². The van der Waals surface area contributed by atoms with Crippen LogP contribution in [0.4, 0.5) is 0 Å². The van der Waals surface area contributed by atoms with E-state index >= 15 is 0 Å². The van der Waals surface area contributed by atoms with Gasteiger partial charge in [-0.2, -0.15) is 12.6 Å². The molecule has 3 heteroatoms. The van der Waals surface area contributed by atoms with Gasteiger partial charge in [-0.1, -0.05) is 44.2 Å². The van der Waals surface area contributed by atoms with E-state index in [1.165, 1.54) is 0 Å². The number of nitrogens with zero attached hydrogens (tertiary/aromatic N) is 1. The molecule has 0 spiro atoms. The maximum absolute atomic E-state index is 12.0. The third kappa shape index (κ3) is 4.82. The molecule has 1 amide bonds. The maximum Gasteiger partial charge on any atom is 0.235 e. The minimum absolute atomic E-state index is 0.103. The van der Waals surface area contributed by atoms with Crippen molar-refractivity contribution in [2.75, 3.05) is 13.6 Å². The highest BCUT2D eigenvalue weighted by Crippen LogP contribution is 2.11. The van der Waals surface area contributed by atoms with E-state index < -0.39 is 0 Å². The zero-order chi connectivity index (χ0) is 12.8. The quantitative estimate of drug-likeness (QED) is 0.798. The molecule has 0 N–H and O–H groups in total. The lowest BCUT2D eigenvalue weighted by atomic mass is 10.1. The predicted molar refractivity (Wildman–Crippen MR) is 75.4 cm³/mol. The van der Waals surface area contributed by atoms with Crippen LogP contribution in [-0.4, -0.2) is 29.6 Å². The Bertz CT molecular complexity index is 350. The largest absolute Gasteiger partial charge is 0.345 e. The van der Waals surface area contributed by atoms with Crippen molar-refractivity contribution in [2.45, 2.75) is 25.5 Å². The molecule has 0 aliphatic rings. The Kier molecular flexibility index (Phi) is 5.56. The highest BCUT2D eigenvalue weighted by molar-refractivity contribution is 7.81. The summed E-state index contributed by atoms with van der Waals surface area (Å²) in [6.45, 7) is 4.99. The summed E-state index contributed by atoms with van der Waals surface area (Å²) in [4.78, 5) is 13.8. The van der Waals surface area contributed by atoms with Gasteiger partial charge in [0.2, 0.25) is 5.91 Å². The van der Waals surface area contributed by atoms with Crippen molar-refractivity contribution >= 4 is 18.5 Å². The number of carbonyl (C=O) groups is 1. The zero-order valence-electron chi connectivity index (χ0n) is 10.8. The molecule has 17 heavy (non-hydrogen) atoms. The Morgan fingerprint density at radius 2 is 1.88 bits per heavy atom. The SMILES string of the molecule is CC(C)CN(C)C(=O)C(S)Cc1ccccc1. The van der Waals surface area contributed by atoms with Gasteiger partial charge in [0.1, 0.15) is 0 Å². The fourth-order valence-electron chi connectivity index (χ4n) is 1.82. The molecule has 1 aromatic carbocycles. The summed E-state index contributed by atoms with van der Waals surface area (Å²) in [5, 5.41) is -0.249. The Hall–Kier alpha value is -0.960. The van der Waals surface area contributed by atoms with Crippen LogP contribution < -0.4 is 0 Å². The first-order valence-electron chi connectivity index (χ1n) is 5.97. The summed E-state index contributed by atoms with van der Waals surface area (Å²) in [5.74, 6) is 0.590. The molecule has 1 rings (SSSR count). The van der Waals surface area contributed by atoms with E-state index in [4.69, 9.17) is 0 Å². The molecule has 0 aromatic heterocycles. The average molecular weight is 251 g/mol. The molecule has 1 atom stereocenters.